The normalized spacial score (nSPS) is 30.3. The van der Waals surface area contributed by atoms with Gasteiger partial charge in [0.05, 0.1) is 0 Å². The van der Waals surface area contributed by atoms with Crippen LogP contribution in [0, 0.1) is 11.8 Å². The van der Waals surface area contributed by atoms with Crippen LogP contribution in [0.5, 0.6) is 0 Å². The number of hydrogen-bond acceptors (Lipinski definition) is 2. The predicted molar refractivity (Wildman–Crippen MR) is 51.7 cm³/mol. The van der Waals surface area contributed by atoms with E-state index in [-0.39, 0.29) is 0 Å². The molecule has 0 bridgehead atoms. The lowest BCUT2D eigenvalue weighted by molar-refractivity contribution is -0.162. The number of halogens is 3. The van der Waals surface area contributed by atoms with E-state index in [1.165, 1.54) is 4.90 Å². The molecule has 2 heterocycles. The standard InChI is InChI=1S/C10H15F3N2O/c11-10(12,13)3-9(16)15-2-1-7-4-14-5-8(7)6-15/h7-8,14H,1-6H2. The van der Waals surface area contributed by atoms with Crippen molar-refractivity contribution in [3.63, 3.8) is 0 Å². The summed E-state index contributed by atoms with van der Waals surface area (Å²) in [5, 5.41) is 3.21. The first kappa shape index (κ1) is 11.7. The highest BCUT2D eigenvalue weighted by molar-refractivity contribution is 5.77. The van der Waals surface area contributed by atoms with Crippen molar-refractivity contribution in [1.82, 2.24) is 10.2 Å². The Morgan fingerprint density at radius 3 is 2.69 bits per heavy atom. The molecular formula is C10H15F3N2O. The first-order valence-corrected chi connectivity index (χ1v) is 5.51. The quantitative estimate of drug-likeness (QED) is 0.737. The van der Waals surface area contributed by atoms with E-state index in [1.807, 2.05) is 0 Å². The van der Waals surface area contributed by atoms with Crippen molar-refractivity contribution in [3.05, 3.63) is 0 Å². The Balaban J connectivity index is 1.89. The third-order valence-corrected chi connectivity index (χ3v) is 3.41. The van der Waals surface area contributed by atoms with Crippen molar-refractivity contribution in [3.8, 4) is 0 Å². The minimum absolute atomic E-state index is 0.339. The molecule has 0 aromatic rings. The number of fused-ring (bicyclic) bond motifs is 1. The molecule has 16 heavy (non-hydrogen) atoms. The highest BCUT2D eigenvalue weighted by Crippen LogP contribution is 2.28. The monoisotopic (exact) mass is 236 g/mol. The Labute approximate surface area is 92.0 Å². The molecule has 0 aromatic heterocycles. The molecule has 0 spiro atoms. The summed E-state index contributed by atoms with van der Waals surface area (Å²) in [7, 11) is 0. The number of nitrogens with one attached hydrogen (secondary N) is 1. The maximum atomic E-state index is 12.1. The first-order chi connectivity index (χ1) is 7.46. The molecule has 6 heteroatoms. The van der Waals surface area contributed by atoms with Gasteiger partial charge in [-0.2, -0.15) is 13.2 Å². The second-order valence-electron chi connectivity index (χ2n) is 4.60. The molecular weight excluding hydrogens is 221 g/mol. The number of piperidine rings is 1. The molecule has 2 fully saturated rings. The number of amides is 1. The molecule has 0 aliphatic carbocycles. The molecule has 0 radical (unpaired) electrons. The molecule has 1 N–H and O–H groups in total. The largest absolute Gasteiger partial charge is 0.397 e. The van der Waals surface area contributed by atoms with E-state index in [0.717, 1.165) is 19.5 Å². The lowest BCUT2D eigenvalue weighted by atomic mass is 9.88. The van der Waals surface area contributed by atoms with Gasteiger partial charge in [-0.05, 0) is 31.3 Å². The smallest absolute Gasteiger partial charge is 0.342 e. The maximum absolute atomic E-state index is 12.1. The van der Waals surface area contributed by atoms with Gasteiger partial charge in [0.1, 0.15) is 6.42 Å². The van der Waals surface area contributed by atoms with Crippen molar-refractivity contribution in [2.24, 2.45) is 11.8 Å². The summed E-state index contributed by atoms with van der Waals surface area (Å²) in [4.78, 5) is 12.8. The van der Waals surface area contributed by atoms with Crippen molar-refractivity contribution < 1.29 is 18.0 Å². The van der Waals surface area contributed by atoms with Crippen LogP contribution in [0.25, 0.3) is 0 Å². The summed E-state index contributed by atoms with van der Waals surface area (Å²) in [6.07, 6.45) is -4.89. The van der Waals surface area contributed by atoms with Crippen LogP contribution in [0.2, 0.25) is 0 Å². The van der Waals surface area contributed by atoms with Crippen molar-refractivity contribution in [2.45, 2.75) is 19.0 Å². The zero-order valence-corrected chi connectivity index (χ0v) is 8.89. The fraction of sp³-hybridized carbons (Fsp3) is 0.900. The van der Waals surface area contributed by atoms with E-state index in [0.29, 0.717) is 24.9 Å². The number of alkyl halides is 3. The van der Waals surface area contributed by atoms with Gasteiger partial charge < -0.3 is 10.2 Å². The Morgan fingerprint density at radius 2 is 2.00 bits per heavy atom. The van der Waals surface area contributed by atoms with E-state index in [2.05, 4.69) is 5.32 Å². The number of likely N-dealkylation sites (tertiary alicyclic amines) is 1. The molecule has 3 nitrogen and oxygen atoms in total. The SMILES string of the molecule is O=C(CC(F)(F)F)N1CCC2CNCC2C1. The van der Waals surface area contributed by atoms with Crippen LogP contribution < -0.4 is 5.32 Å². The lowest BCUT2D eigenvalue weighted by Crippen LogP contribution is -2.44. The van der Waals surface area contributed by atoms with Crippen LogP contribution in [0.3, 0.4) is 0 Å². The second-order valence-corrected chi connectivity index (χ2v) is 4.60. The number of nitrogens with zero attached hydrogens (tertiary/aromatic N) is 1. The van der Waals surface area contributed by atoms with Gasteiger partial charge in [-0.15, -0.1) is 0 Å². The van der Waals surface area contributed by atoms with Gasteiger partial charge in [-0.3, -0.25) is 4.79 Å². The minimum Gasteiger partial charge on any atom is -0.342 e. The highest BCUT2D eigenvalue weighted by Gasteiger charge is 2.38. The number of hydrogen-bond donors (Lipinski definition) is 1. The molecule has 1 amide bonds. The van der Waals surface area contributed by atoms with E-state index < -0.39 is 18.5 Å². The summed E-state index contributed by atoms with van der Waals surface area (Å²) < 4.78 is 36.2. The molecule has 2 atom stereocenters. The summed E-state index contributed by atoms with van der Waals surface area (Å²) in [5.74, 6) is 0.0960. The number of rotatable bonds is 1. The van der Waals surface area contributed by atoms with Crippen LogP contribution in [-0.4, -0.2) is 43.2 Å². The lowest BCUT2D eigenvalue weighted by Gasteiger charge is -2.34. The molecule has 2 rings (SSSR count). The Kier molecular flexibility index (Phi) is 3.10. The Hall–Kier alpha value is -0.780. The molecule has 2 aliphatic rings. The van der Waals surface area contributed by atoms with Crippen LogP contribution in [0.15, 0.2) is 0 Å². The predicted octanol–water partition coefficient (Wildman–Crippen LogP) is 1.01. The van der Waals surface area contributed by atoms with Crippen LogP contribution in [-0.2, 0) is 4.79 Å². The number of carbonyl (C=O) groups excluding carboxylic acids is 1. The van der Waals surface area contributed by atoms with Gasteiger partial charge in [-0.1, -0.05) is 0 Å². The number of carbonyl (C=O) groups is 1. The highest BCUT2D eigenvalue weighted by atomic mass is 19.4. The minimum atomic E-state index is -4.39. The zero-order valence-electron chi connectivity index (χ0n) is 8.89. The molecule has 2 saturated heterocycles. The summed E-state index contributed by atoms with van der Waals surface area (Å²) in [6.45, 7) is 2.71. The van der Waals surface area contributed by atoms with Crippen molar-refractivity contribution in [2.75, 3.05) is 26.2 Å². The molecule has 2 aliphatic heterocycles. The Bertz CT molecular complexity index is 280. The third kappa shape index (κ3) is 2.66. The van der Waals surface area contributed by atoms with Crippen LogP contribution >= 0.6 is 0 Å². The van der Waals surface area contributed by atoms with Crippen molar-refractivity contribution >= 4 is 5.91 Å². The summed E-state index contributed by atoms with van der Waals surface area (Å²) in [5.41, 5.74) is 0. The fourth-order valence-electron chi connectivity index (χ4n) is 2.54. The summed E-state index contributed by atoms with van der Waals surface area (Å²) >= 11 is 0. The van der Waals surface area contributed by atoms with E-state index in [1.54, 1.807) is 0 Å². The van der Waals surface area contributed by atoms with Gasteiger partial charge in [0.15, 0.2) is 0 Å². The zero-order chi connectivity index (χ0) is 11.8. The van der Waals surface area contributed by atoms with Gasteiger partial charge >= 0.3 is 6.18 Å². The van der Waals surface area contributed by atoms with Gasteiger partial charge in [0.2, 0.25) is 5.91 Å². The maximum Gasteiger partial charge on any atom is 0.397 e. The Morgan fingerprint density at radius 1 is 1.31 bits per heavy atom. The second kappa shape index (κ2) is 4.24. The van der Waals surface area contributed by atoms with E-state index in [4.69, 9.17) is 0 Å². The average Bonchev–Trinajstić information content (AvgIpc) is 2.61. The molecule has 0 aromatic carbocycles. The first-order valence-electron chi connectivity index (χ1n) is 5.51. The molecule has 0 saturated carbocycles. The van der Waals surface area contributed by atoms with E-state index in [9.17, 15) is 18.0 Å². The third-order valence-electron chi connectivity index (χ3n) is 3.41. The van der Waals surface area contributed by atoms with Crippen LogP contribution in [0.4, 0.5) is 13.2 Å². The fourth-order valence-corrected chi connectivity index (χ4v) is 2.54. The van der Waals surface area contributed by atoms with Gasteiger partial charge in [-0.25, -0.2) is 0 Å². The molecule has 2 unspecified atom stereocenters. The summed E-state index contributed by atoms with van der Waals surface area (Å²) in [6, 6.07) is 0. The van der Waals surface area contributed by atoms with E-state index >= 15 is 0 Å². The van der Waals surface area contributed by atoms with Gasteiger partial charge in [0.25, 0.3) is 0 Å². The molecule has 92 valence electrons. The van der Waals surface area contributed by atoms with Gasteiger partial charge in [0, 0.05) is 13.1 Å². The average molecular weight is 236 g/mol. The van der Waals surface area contributed by atoms with Crippen molar-refractivity contribution in [1.29, 1.82) is 0 Å². The van der Waals surface area contributed by atoms with Crippen LogP contribution in [0.1, 0.15) is 12.8 Å². The topological polar surface area (TPSA) is 32.3 Å².